The van der Waals surface area contributed by atoms with E-state index in [0.29, 0.717) is 84.3 Å². The Kier molecular flexibility index (Phi) is 20.3. The molecule has 0 bridgehead atoms. The van der Waals surface area contributed by atoms with Gasteiger partial charge in [-0.1, -0.05) is 81.9 Å². The smallest absolute Gasteiger partial charge is 0.331 e. The summed E-state index contributed by atoms with van der Waals surface area (Å²) in [4.78, 5) is 84.3. The number of esters is 2. The maximum atomic E-state index is 14.0. The molecule has 2 aromatic heterocycles. The molecule has 14 heteroatoms. The van der Waals surface area contributed by atoms with E-state index in [0.717, 1.165) is 109 Å². The molecule has 2 heterocycles. The summed E-state index contributed by atoms with van der Waals surface area (Å²) in [6.45, 7) is 3.98. The van der Waals surface area contributed by atoms with Gasteiger partial charge in [-0.2, -0.15) is 0 Å². The standard InChI is InChI=1S/C71H77N3O11/c1-47(75)85-72-62(43-49-17-11-12-18-49)71(80)55-28-36-66-61(46-55)60-45-54(27-35-65(60)74(66)38-14-40-82-3)70(79)52-24-31-57(32-25-52)84-68(77)20-8-6-4-5-7-19-67(76)83-56-29-22-51(23-30-56)69(78)53-26-34-64-59(44-53)58-42-50(41-48-15-9-10-16-48)21-33-63(58)73(64)37-13-39-81-2/h21-36,42,44-46,48-49H,4-20,37-41,43H2,1-3H3/b72-62+. The Balaban J connectivity index is 0.678. The predicted octanol–water partition coefficient (Wildman–Crippen LogP) is 15.1. The van der Waals surface area contributed by atoms with Gasteiger partial charge in [0.2, 0.25) is 5.78 Å². The first-order chi connectivity index (χ1) is 41.4. The molecule has 10 rings (SSSR count). The second-order valence-corrected chi connectivity index (χ2v) is 23.1. The minimum Gasteiger partial charge on any atom is -0.427 e. The summed E-state index contributed by atoms with van der Waals surface area (Å²) in [6, 6.07) is 37.3. The van der Waals surface area contributed by atoms with Gasteiger partial charge >= 0.3 is 17.9 Å². The number of nitrogens with zero attached hydrogens (tertiary/aromatic N) is 3. The van der Waals surface area contributed by atoms with E-state index in [1.54, 1.807) is 74.9 Å². The lowest BCUT2D eigenvalue weighted by Gasteiger charge is -2.11. The fourth-order valence-corrected chi connectivity index (χ4v) is 12.6. The number of oxime groups is 1. The largest absolute Gasteiger partial charge is 0.427 e. The van der Waals surface area contributed by atoms with Gasteiger partial charge in [-0.3, -0.25) is 24.0 Å². The third-order valence-corrected chi connectivity index (χ3v) is 17.0. The van der Waals surface area contributed by atoms with Crippen molar-refractivity contribution in [3.05, 3.63) is 155 Å². The van der Waals surface area contributed by atoms with Crippen LogP contribution < -0.4 is 9.47 Å². The number of hydrogen-bond acceptors (Lipinski definition) is 12. The second kappa shape index (κ2) is 28.7. The molecule has 2 saturated carbocycles. The van der Waals surface area contributed by atoms with E-state index in [-0.39, 0.29) is 47.8 Å². The number of rotatable bonds is 29. The van der Waals surface area contributed by atoms with Crippen LogP contribution in [0.25, 0.3) is 43.6 Å². The fraction of sp³-hybridized carbons (Fsp3) is 0.394. The summed E-state index contributed by atoms with van der Waals surface area (Å²) in [6.07, 6.45) is 16.7. The Morgan fingerprint density at radius 3 is 1.35 bits per heavy atom. The number of aromatic nitrogens is 2. The highest BCUT2D eigenvalue weighted by Crippen LogP contribution is 2.36. The quantitative estimate of drug-likeness (QED) is 0.00831. The first kappa shape index (κ1) is 60.1. The third-order valence-electron chi connectivity index (χ3n) is 17.0. The van der Waals surface area contributed by atoms with Crippen LogP contribution in [-0.4, -0.2) is 77.5 Å². The van der Waals surface area contributed by atoms with E-state index in [4.69, 9.17) is 23.8 Å². The van der Waals surface area contributed by atoms with Crippen LogP contribution in [0.2, 0.25) is 0 Å². The Morgan fingerprint density at radius 2 is 0.882 bits per heavy atom. The predicted molar refractivity (Wildman–Crippen MR) is 331 cm³/mol. The number of fused-ring (bicyclic) bond motifs is 6. The molecule has 0 aliphatic heterocycles. The number of carbonyl (C=O) groups excluding carboxylic acids is 6. The van der Waals surface area contributed by atoms with E-state index >= 15 is 0 Å². The number of ketones is 3. The monoisotopic (exact) mass is 1150 g/mol. The summed E-state index contributed by atoms with van der Waals surface area (Å²) < 4.78 is 26.5. The summed E-state index contributed by atoms with van der Waals surface area (Å²) in [5, 5.41) is 7.89. The first-order valence-corrected chi connectivity index (χ1v) is 30.5. The van der Waals surface area contributed by atoms with Gasteiger partial charge in [0.1, 0.15) is 17.2 Å². The van der Waals surface area contributed by atoms with Crippen LogP contribution in [0.1, 0.15) is 170 Å². The van der Waals surface area contributed by atoms with Crippen molar-refractivity contribution in [3.63, 3.8) is 0 Å². The number of unbranched alkanes of at least 4 members (excludes halogenated alkanes) is 4. The van der Waals surface area contributed by atoms with E-state index in [1.165, 1.54) is 49.1 Å². The number of hydrogen-bond donors (Lipinski definition) is 0. The molecule has 0 spiro atoms. The molecule has 14 nitrogen and oxygen atoms in total. The SMILES string of the molecule is COCCCn1c2ccc(CC3CCCC3)cc2c2cc(C(=O)c3ccc(OC(=O)CCCCCCCC(=O)Oc4ccc(C(=O)c5ccc6c(c5)c5cc(C(=O)/C(CC7CCCC7)=N/OC(C)=O)ccc5n6CCCOC)cc4)cc3)ccc21. The molecule has 442 valence electrons. The topological polar surface area (TPSA) is 171 Å². The fourth-order valence-electron chi connectivity index (χ4n) is 12.6. The lowest BCUT2D eigenvalue weighted by atomic mass is 9.95. The number of methoxy groups -OCH3 is 2. The van der Waals surface area contributed by atoms with Crippen LogP contribution in [0.15, 0.2) is 126 Å². The molecular weight excluding hydrogens is 1070 g/mol. The Bertz CT molecular complexity index is 3750. The van der Waals surface area contributed by atoms with Gasteiger partial charge in [0, 0.05) is 132 Å². The van der Waals surface area contributed by atoms with Crippen molar-refractivity contribution in [3.8, 4) is 11.5 Å². The van der Waals surface area contributed by atoms with Gasteiger partial charge in [0.05, 0.1) is 0 Å². The molecule has 8 aromatic rings. The van der Waals surface area contributed by atoms with Crippen molar-refractivity contribution in [1.82, 2.24) is 9.13 Å². The van der Waals surface area contributed by atoms with Crippen LogP contribution in [0, 0.1) is 11.8 Å². The number of benzene rings is 6. The summed E-state index contributed by atoms with van der Waals surface area (Å²) in [5.41, 5.74) is 8.08. The Labute approximate surface area is 496 Å². The minimum absolute atomic E-state index is 0.0938. The van der Waals surface area contributed by atoms with Crippen LogP contribution in [-0.2, 0) is 48.2 Å². The van der Waals surface area contributed by atoms with Crippen LogP contribution in [0.4, 0.5) is 0 Å². The maximum Gasteiger partial charge on any atom is 0.331 e. The first-order valence-electron chi connectivity index (χ1n) is 30.5. The highest BCUT2D eigenvalue weighted by molar-refractivity contribution is 6.46. The number of ether oxygens (including phenoxy) is 4. The van der Waals surface area contributed by atoms with Crippen molar-refractivity contribution in [2.75, 3.05) is 27.4 Å². The highest BCUT2D eigenvalue weighted by Gasteiger charge is 2.26. The van der Waals surface area contributed by atoms with E-state index in [2.05, 4.69) is 38.6 Å². The second-order valence-electron chi connectivity index (χ2n) is 23.1. The molecule has 0 atom stereocenters. The van der Waals surface area contributed by atoms with Crippen LogP contribution in [0.5, 0.6) is 11.5 Å². The van der Waals surface area contributed by atoms with Gasteiger partial charge in [-0.15, -0.1) is 0 Å². The molecule has 2 aliphatic carbocycles. The normalized spacial score (nSPS) is 14.0. The van der Waals surface area contributed by atoms with E-state index in [9.17, 15) is 28.8 Å². The summed E-state index contributed by atoms with van der Waals surface area (Å²) in [7, 11) is 3.39. The van der Waals surface area contributed by atoms with Crippen molar-refractivity contribution in [2.45, 2.75) is 142 Å². The summed E-state index contributed by atoms with van der Waals surface area (Å²) in [5.74, 6) is -0.139. The molecule has 2 fully saturated rings. The molecule has 0 saturated heterocycles. The van der Waals surface area contributed by atoms with Gasteiger partial charge in [0.25, 0.3) is 0 Å². The summed E-state index contributed by atoms with van der Waals surface area (Å²) >= 11 is 0. The number of carbonyl (C=O) groups is 6. The molecular formula is C71H77N3O11. The zero-order valence-corrected chi connectivity index (χ0v) is 49.3. The van der Waals surface area contributed by atoms with Gasteiger partial charge in [0.15, 0.2) is 11.6 Å². The maximum absolute atomic E-state index is 14.0. The molecule has 6 aromatic carbocycles. The molecule has 2 aliphatic rings. The molecule has 0 unspecified atom stereocenters. The van der Waals surface area contributed by atoms with E-state index < -0.39 is 5.97 Å². The van der Waals surface area contributed by atoms with Gasteiger partial charge in [-0.25, -0.2) is 4.79 Å². The zero-order valence-electron chi connectivity index (χ0n) is 49.3. The van der Waals surface area contributed by atoms with Gasteiger partial charge < -0.3 is 32.9 Å². The third kappa shape index (κ3) is 14.9. The average Bonchev–Trinajstić information content (AvgIpc) is 1.82. The lowest BCUT2D eigenvalue weighted by Crippen LogP contribution is -2.19. The van der Waals surface area contributed by atoms with Gasteiger partial charge in [-0.05, 0) is 171 Å². The number of aryl methyl sites for hydroxylation is 2. The van der Waals surface area contributed by atoms with Crippen molar-refractivity contribution < 1.29 is 52.6 Å². The zero-order chi connectivity index (χ0) is 59.2. The molecule has 0 N–H and O–H groups in total. The molecule has 85 heavy (non-hydrogen) atoms. The Morgan fingerprint density at radius 1 is 0.471 bits per heavy atom. The van der Waals surface area contributed by atoms with Crippen molar-refractivity contribution in [2.24, 2.45) is 17.0 Å². The minimum atomic E-state index is -0.589. The van der Waals surface area contributed by atoms with E-state index in [1.807, 2.05) is 36.4 Å². The highest BCUT2D eigenvalue weighted by atomic mass is 16.7. The number of Topliss-reactive ketones (excluding diaryl/α,β-unsaturated/α-hetero) is 1. The molecule has 0 radical (unpaired) electrons. The van der Waals surface area contributed by atoms with Crippen LogP contribution in [0.3, 0.4) is 0 Å². The van der Waals surface area contributed by atoms with Crippen molar-refractivity contribution >= 4 is 84.6 Å². The average molecular weight is 1150 g/mol. The van der Waals surface area contributed by atoms with Crippen molar-refractivity contribution in [1.29, 1.82) is 0 Å². The molecule has 0 amide bonds. The Hall–Kier alpha value is -8.07. The van der Waals surface area contributed by atoms with Crippen LogP contribution >= 0.6 is 0 Å². The lowest BCUT2D eigenvalue weighted by molar-refractivity contribution is -0.141.